The zero-order valence-corrected chi connectivity index (χ0v) is 18.1. The Labute approximate surface area is 180 Å². The average molecular weight is 442 g/mol. The molecule has 158 valence electrons. The van der Waals surface area contributed by atoms with E-state index >= 15 is 0 Å². The van der Waals surface area contributed by atoms with Crippen LogP contribution in [-0.2, 0) is 11.2 Å². The van der Waals surface area contributed by atoms with Crippen molar-refractivity contribution in [3.8, 4) is 17.2 Å². The Morgan fingerprint density at radius 1 is 1.10 bits per heavy atom. The van der Waals surface area contributed by atoms with Crippen LogP contribution in [0, 0.1) is 0 Å². The van der Waals surface area contributed by atoms with Crippen LogP contribution in [0.2, 0.25) is 10.0 Å². The van der Waals surface area contributed by atoms with Gasteiger partial charge in [-0.1, -0.05) is 29.3 Å². The predicted octanol–water partition coefficient (Wildman–Crippen LogP) is 3.89. The van der Waals surface area contributed by atoms with E-state index in [1.807, 2.05) is 32.0 Å². The van der Waals surface area contributed by atoms with Crippen molar-refractivity contribution in [3.63, 3.8) is 0 Å². The third-order valence-corrected chi connectivity index (χ3v) is 4.64. The smallest absolute Gasteiger partial charge is 0.252 e. The normalized spacial score (nSPS) is 11.8. The van der Waals surface area contributed by atoms with Crippen molar-refractivity contribution in [3.05, 3.63) is 52.0 Å². The van der Waals surface area contributed by atoms with Crippen LogP contribution in [0.25, 0.3) is 0 Å². The van der Waals surface area contributed by atoms with Crippen LogP contribution in [0.5, 0.6) is 17.2 Å². The Kier molecular flexibility index (Phi) is 8.89. The van der Waals surface area contributed by atoms with Gasteiger partial charge in [-0.15, -0.1) is 0 Å². The Hall–Kier alpha value is -2.15. The van der Waals surface area contributed by atoms with Crippen molar-refractivity contribution < 1.29 is 24.1 Å². The van der Waals surface area contributed by atoms with Gasteiger partial charge >= 0.3 is 0 Å². The molecule has 29 heavy (non-hydrogen) atoms. The predicted molar refractivity (Wildman–Crippen MR) is 113 cm³/mol. The number of nitrogens with one attached hydrogen (secondary N) is 1. The van der Waals surface area contributed by atoms with E-state index in [0.29, 0.717) is 40.3 Å². The lowest BCUT2D eigenvalue weighted by molar-refractivity contribution is -0.130. The molecule has 0 radical (unpaired) electrons. The van der Waals surface area contributed by atoms with E-state index in [0.717, 1.165) is 5.56 Å². The summed E-state index contributed by atoms with van der Waals surface area (Å²) in [6.07, 6.45) is -0.688. The van der Waals surface area contributed by atoms with Crippen molar-refractivity contribution in [2.24, 2.45) is 0 Å². The number of aliphatic hydroxyl groups excluding tert-OH is 1. The van der Waals surface area contributed by atoms with E-state index in [2.05, 4.69) is 5.32 Å². The highest BCUT2D eigenvalue weighted by atomic mass is 35.5. The SMILES string of the molecule is COc1cc(CCNC(=O)[C@H](O)COc2ccc(Cl)c(Cl)c2)ccc1OC(C)C. The number of amides is 1. The molecule has 2 rings (SSSR count). The standard InChI is InChI=1S/C21H25Cl2NO5/c1-13(2)29-19-7-4-14(10-20(19)27-3)8-9-24-21(26)18(25)12-28-15-5-6-16(22)17(23)11-15/h4-7,10-11,13,18,25H,8-9,12H2,1-3H3,(H,24,26)/t18-/m1/s1. The second-order valence-electron chi connectivity index (χ2n) is 6.60. The topological polar surface area (TPSA) is 77.0 Å². The van der Waals surface area contributed by atoms with Crippen LogP contribution in [0.4, 0.5) is 0 Å². The summed E-state index contributed by atoms with van der Waals surface area (Å²) < 4.78 is 16.4. The van der Waals surface area contributed by atoms with Gasteiger partial charge in [-0.25, -0.2) is 0 Å². The van der Waals surface area contributed by atoms with Gasteiger partial charge in [-0.05, 0) is 50.1 Å². The van der Waals surface area contributed by atoms with Gasteiger partial charge in [0.2, 0.25) is 0 Å². The highest BCUT2D eigenvalue weighted by Crippen LogP contribution is 2.29. The molecule has 0 aliphatic heterocycles. The number of carbonyl (C=O) groups excluding carboxylic acids is 1. The highest BCUT2D eigenvalue weighted by Gasteiger charge is 2.16. The minimum absolute atomic E-state index is 0.0432. The second-order valence-corrected chi connectivity index (χ2v) is 7.41. The van der Waals surface area contributed by atoms with Crippen LogP contribution >= 0.6 is 23.2 Å². The molecule has 2 N–H and O–H groups in total. The molecule has 0 aromatic heterocycles. The van der Waals surface area contributed by atoms with Gasteiger partial charge in [0.25, 0.3) is 5.91 Å². The number of aliphatic hydroxyl groups is 1. The molecular weight excluding hydrogens is 417 g/mol. The largest absolute Gasteiger partial charge is 0.493 e. The monoisotopic (exact) mass is 441 g/mol. The zero-order valence-electron chi connectivity index (χ0n) is 16.6. The van der Waals surface area contributed by atoms with Crippen molar-refractivity contribution in [2.45, 2.75) is 32.5 Å². The van der Waals surface area contributed by atoms with E-state index in [4.69, 9.17) is 37.4 Å². The number of halogens is 2. The second kappa shape index (κ2) is 11.1. The molecule has 1 atom stereocenters. The number of carbonyl (C=O) groups is 1. The molecule has 2 aromatic rings. The first-order chi connectivity index (χ1) is 13.8. The quantitative estimate of drug-likeness (QED) is 0.584. The summed E-state index contributed by atoms with van der Waals surface area (Å²) in [5, 5.41) is 13.4. The van der Waals surface area contributed by atoms with Gasteiger partial charge < -0.3 is 24.6 Å². The fourth-order valence-electron chi connectivity index (χ4n) is 2.48. The molecule has 0 bridgehead atoms. The van der Waals surface area contributed by atoms with E-state index in [-0.39, 0.29) is 12.7 Å². The molecule has 0 unspecified atom stereocenters. The number of methoxy groups -OCH3 is 1. The fraction of sp³-hybridized carbons (Fsp3) is 0.381. The Bertz CT molecular complexity index is 829. The van der Waals surface area contributed by atoms with Crippen LogP contribution in [0.1, 0.15) is 19.4 Å². The summed E-state index contributed by atoms with van der Waals surface area (Å²) in [7, 11) is 1.58. The summed E-state index contributed by atoms with van der Waals surface area (Å²) in [6, 6.07) is 10.3. The molecule has 0 spiro atoms. The molecule has 0 aliphatic rings. The highest BCUT2D eigenvalue weighted by molar-refractivity contribution is 6.42. The van der Waals surface area contributed by atoms with Gasteiger partial charge in [0.15, 0.2) is 17.6 Å². The molecular formula is C21H25Cl2NO5. The summed E-state index contributed by atoms with van der Waals surface area (Å²) >= 11 is 11.7. The maximum absolute atomic E-state index is 12.0. The van der Waals surface area contributed by atoms with Crippen molar-refractivity contribution in [2.75, 3.05) is 20.3 Å². The van der Waals surface area contributed by atoms with Gasteiger partial charge in [-0.2, -0.15) is 0 Å². The number of hydrogen-bond donors (Lipinski definition) is 2. The summed E-state index contributed by atoms with van der Waals surface area (Å²) in [4.78, 5) is 12.0. The lowest BCUT2D eigenvalue weighted by atomic mass is 10.1. The molecule has 0 aliphatic carbocycles. The third-order valence-electron chi connectivity index (χ3n) is 3.91. The van der Waals surface area contributed by atoms with Crippen LogP contribution in [0.3, 0.4) is 0 Å². The minimum Gasteiger partial charge on any atom is -0.493 e. The lowest BCUT2D eigenvalue weighted by Gasteiger charge is -2.15. The van der Waals surface area contributed by atoms with Crippen LogP contribution in [-0.4, -0.2) is 43.5 Å². The number of rotatable bonds is 10. The number of ether oxygens (including phenoxy) is 3. The maximum atomic E-state index is 12.0. The van der Waals surface area contributed by atoms with Crippen molar-refractivity contribution in [1.29, 1.82) is 0 Å². The van der Waals surface area contributed by atoms with E-state index in [1.54, 1.807) is 19.2 Å². The number of benzene rings is 2. The minimum atomic E-state index is -1.30. The number of hydrogen-bond acceptors (Lipinski definition) is 5. The molecule has 1 amide bonds. The fourth-order valence-corrected chi connectivity index (χ4v) is 2.77. The maximum Gasteiger partial charge on any atom is 0.252 e. The van der Waals surface area contributed by atoms with Crippen molar-refractivity contribution in [1.82, 2.24) is 5.32 Å². The summed E-state index contributed by atoms with van der Waals surface area (Å²) in [6.45, 7) is 4.05. The Balaban J connectivity index is 1.80. The zero-order chi connectivity index (χ0) is 21.4. The van der Waals surface area contributed by atoms with Gasteiger partial charge in [-0.3, -0.25) is 4.79 Å². The van der Waals surface area contributed by atoms with E-state index in [9.17, 15) is 9.90 Å². The first-order valence-corrected chi connectivity index (χ1v) is 9.93. The van der Waals surface area contributed by atoms with Crippen molar-refractivity contribution >= 4 is 29.1 Å². The average Bonchev–Trinajstić information content (AvgIpc) is 2.69. The summed E-state index contributed by atoms with van der Waals surface area (Å²) in [5.74, 6) is 1.21. The van der Waals surface area contributed by atoms with Gasteiger partial charge in [0.05, 0.1) is 23.3 Å². The lowest BCUT2D eigenvalue weighted by Crippen LogP contribution is -2.39. The molecule has 0 saturated heterocycles. The van der Waals surface area contributed by atoms with Crippen LogP contribution in [0.15, 0.2) is 36.4 Å². The molecule has 6 nitrogen and oxygen atoms in total. The molecule has 0 saturated carbocycles. The first kappa shape index (κ1) is 23.1. The Morgan fingerprint density at radius 3 is 2.52 bits per heavy atom. The third kappa shape index (κ3) is 7.31. The first-order valence-electron chi connectivity index (χ1n) is 9.17. The van der Waals surface area contributed by atoms with Crippen LogP contribution < -0.4 is 19.5 Å². The summed E-state index contributed by atoms with van der Waals surface area (Å²) in [5.41, 5.74) is 0.972. The molecule has 0 heterocycles. The van der Waals surface area contributed by atoms with Gasteiger partial charge in [0, 0.05) is 12.6 Å². The molecule has 2 aromatic carbocycles. The van der Waals surface area contributed by atoms with E-state index in [1.165, 1.54) is 6.07 Å². The molecule has 8 heteroatoms. The molecule has 0 fully saturated rings. The Morgan fingerprint density at radius 2 is 1.86 bits per heavy atom. The van der Waals surface area contributed by atoms with Gasteiger partial charge in [0.1, 0.15) is 12.4 Å². The van der Waals surface area contributed by atoms with E-state index < -0.39 is 12.0 Å².